The molecule has 0 fully saturated rings. The monoisotopic (exact) mass is 232 g/mol. The number of aromatic nitrogens is 2. The highest BCUT2D eigenvalue weighted by Gasteiger charge is 2.14. The third-order valence-corrected chi connectivity index (χ3v) is 2.48. The number of aryl methyl sites for hydroxylation is 1. The van der Waals surface area contributed by atoms with Gasteiger partial charge < -0.3 is 10.3 Å². The van der Waals surface area contributed by atoms with E-state index in [0.717, 1.165) is 11.3 Å². The molecule has 0 atom stereocenters. The van der Waals surface area contributed by atoms with Gasteiger partial charge in [-0.15, -0.1) is 0 Å². The van der Waals surface area contributed by atoms with Gasteiger partial charge in [-0.25, -0.2) is 0 Å². The summed E-state index contributed by atoms with van der Waals surface area (Å²) in [5, 5.41) is 6.36. The van der Waals surface area contributed by atoms with Gasteiger partial charge in [-0.3, -0.25) is 15.1 Å². The first-order chi connectivity index (χ1) is 8.09. The molecule has 3 N–H and O–H groups in total. The summed E-state index contributed by atoms with van der Waals surface area (Å²) in [5.74, 6) is -0.00661. The highest BCUT2D eigenvalue weighted by atomic mass is 16.5. The Balaban J connectivity index is 2.23. The number of amides is 1. The van der Waals surface area contributed by atoms with E-state index in [4.69, 9.17) is 10.3 Å². The number of nitrogens with zero attached hydrogens (tertiary/aromatic N) is 2. The number of nitrogen functional groups attached to an aromatic ring is 1. The van der Waals surface area contributed by atoms with Crippen molar-refractivity contribution in [2.75, 3.05) is 11.1 Å². The number of nitrogens with one attached hydrogen (secondary N) is 1. The average Bonchev–Trinajstić information content (AvgIpc) is 2.61. The van der Waals surface area contributed by atoms with Crippen molar-refractivity contribution in [3.63, 3.8) is 0 Å². The lowest BCUT2D eigenvalue weighted by Gasteiger charge is -2.04. The number of nitrogens with two attached hydrogens (primary N) is 1. The van der Waals surface area contributed by atoms with Crippen LogP contribution in [0.25, 0.3) is 0 Å². The fourth-order valence-electron chi connectivity index (χ4n) is 1.32. The fourth-order valence-corrected chi connectivity index (χ4v) is 1.32. The molecule has 0 aliphatic heterocycles. The second kappa shape index (κ2) is 4.25. The Morgan fingerprint density at radius 3 is 2.82 bits per heavy atom. The number of carbonyl (C=O) groups is 1. The van der Waals surface area contributed by atoms with Crippen molar-refractivity contribution in [3.05, 3.63) is 35.3 Å². The molecule has 0 saturated carbocycles. The minimum Gasteiger partial charge on any atom is -0.397 e. The van der Waals surface area contributed by atoms with Gasteiger partial charge in [-0.1, -0.05) is 5.16 Å². The zero-order valence-corrected chi connectivity index (χ0v) is 9.52. The van der Waals surface area contributed by atoms with Crippen LogP contribution in [-0.4, -0.2) is 16.0 Å². The summed E-state index contributed by atoms with van der Waals surface area (Å²) in [6.45, 7) is 3.62. The van der Waals surface area contributed by atoms with Gasteiger partial charge in [-0.05, 0) is 19.9 Å². The molecule has 17 heavy (non-hydrogen) atoms. The Bertz CT molecular complexity index is 562. The quantitative estimate of drug-likeness (QED) is 0.818. The summed E-state index contributed by atoms with van der Waals surface area (Å²) >= 11 is 0. The summed E-state index contributed by atoms with van der Waals surface area (Å²) < 4.78 is 4.99. The molecule has 6 heteroatoms. The molecule has 0 radical (unpaired) electrons. The number of hydrogen-bond acceptors (Lipinski definition) is 5. The standard InChI is InChI=1S/C11H12N4O2/c1-6-7(2)15-17-11(6)14-10(16)8-3-4-13-5-9(8)12/h3-5H,12H2,1-2H3,(H,14,16). The molecule has 0 unspecified atom stereocenters. The molecule has 0 bridgehead atoms. The summed E-state index contributed by atoms with van der Waals surface area (Å²) in [4.78, 5) is 15.7. The molecule has 0 aliphatic carbocycles. The first-order valence-electron chi connectivity index (χ1n) is 5.03. The van der Waals surface area contributed by atoms with Gasteiger partial charge in [0, 0.05) is 11.8 Å². The van der Waals surface area contributed by atoms with Gasteiger partial charge in [0.15, 0.2) is 0 Å². The average molecular weight is 232 g/mol. The maximum absolute atomic E-state index is 11.9. The van der Waals surface area contributed by atoms with Crippen molar-refractivity contribution in [2.45, 2.75) is 13.8 Å². The largest absolute Gasteiger partial charge is 0.397 e. The molecule has 0 aromatic carbocycles. The van der Waals surface area contributed by atoms with Crippen molar-refractivity contribution in [1.82, 2.24) is 10.1 Å². The molecule has 2 heterocycles. The Labute approximate surface area is 97.8 Å². The van der Waals surface area contributed by atoms with Crippen LogP contribution in [0.5, 0.6) is 0 Å². The number of hydrogen-bond donors (Lipinski definition) is 2. The molecule has 2 aromatic heterocycles. The molecule has 1 amide bonds. The van der Waals surface area contributed by atoms with Crippen LogP contribution in [0.1, 0.15) is 21.6 Å². The predicted molar refractivity (Wildman–Crippen MR) is 62.6 cm³/mol. The van der Waals surface area contributed by atoms with E-state index in [1.54, 1.807) is 13.0 Å². The van der Waals surface area contributed by atoms with Crippen LogP contribution >= 0.6 is 0 Å². The normalized spacial score (nSPS) is 10.2. The van der Waals surface area contributed by atoms with Crippen LogP contribution in [0.4, 0.5) is 11.6 Å². The van der Waals surface area contributed by atoms with E-state index in [0.29, 0.717) is 17.1 Å². The Hall–Kier alpha value is -2.37. The molecular formula is C11H12N4O2. The van der Waals surface area contributed by atoms with E-state index in [1.807, 2.05) is 6.92 Å². The van der Waals surface area contributed by atoms with Crippen molar-refractivity contribution in [1.29, 1.82) is 0 Å². The van der Waals surface area contributed by atoms with Crippen LogP contribution in [0.15, 0.2) is 23.0 Å². The summed E-state index contributed by atoms with van der Waals surface area (Å²) in [6.07, 6.45) is 2.93. The Morgan fingerprint density at radius 1 is 1.47 bits per heavy atom. The van der Waals surface area contributed by atoms with Crippen LogP contribution in [0, 0.1) is 13.8 Å². The van der Waals surface area contributed by atoms with Gasteiger partial charge in [0.1, 0.15) is 0 Å². The van der Waals surface area contributed by atoms with Crippen LogP contribution < -0.4 is 11.1 Å². The Kier molecular flexibility index (Phi) is 2.78. The maximum atomic E-state index is 11.9. The fraction of sp³-hybridized carbons (Fsp3) is 0.182. The van der Waals surface area contributed by atoms with Crippen LogP contribution in [0.2, 0.25) is 0 Å². The van der Waals surface area contributed by atoms with E-state index in [-0.39, 0.29) is 5.91 Å². The van der Waals surface area contributed by atoms with Crippen molar-refractivity contribution < 1.29 is 9.32 Å². The summed E-state index contributed by atoms with van der Waals surface area (Å²) in [5.41, 5.74) is 7.86. The van der Waals surface area contributed by atoms with Gasteiger partial charge in [0.25, 0.3) is 5.91 Å². The second-order valence-corrected chi connectivity index (χ2v) is 3.64. The number of carbonyl (C=O) groups excluding carboxylic acids is 1. The maximum Gasteiger partial charge on any atom is 0.260 e. The van der Waals surface area contributed by atoms with E-state index in [1.165, 1.54) is 12.4 Å². The topological polar surface area (TPSA) is 94.0 Å². The van der Waals surface area contributed by atoms with E-state index < -0.39 is 0 Å². The molecule has 2 rings (SSSR count). The third kappa shape index (κ3) is 2.10. The van der Waals surface area contributed by atoms with Crippen molar-refractivity contribution >= 4 is 17.5 Å². The first kappa shape index (κ1) is 11.1. The number of rotatable bonds is 2. The highest BCUT2D eigenvalue weighted by molar-refractivity contribution is 6.07. The molecular weight excluding hydrogens is 220 g/mol. The van der Waals surface area contributed by atoms with Gasteiger partial charge in [-0.2, -0.15) is 0 Å². The van der Waals surface area contributed by atoms with E-state index in [9.17, 15) is 4.79 Å². The zero-order valence-electron chi connectivity index (χ0n) is 9.52. The third-order valence-electron chi connectivity index (χ3n) is 2.48. The minimum atomic E-state index is -0.343. The zero-order chi connectivity index (χ0) is 12.4. The predicted octanol–water partition coefficient (Wildman–Crippen LogP) is 1.52. The lowest BCUT2D eigenvalue weighted by atomic mass is 10.2. The number of anilines is 2. The van der Waals surface area contributed by atoms with Gasteiger partial charge >= 0.3 is 0 Å². The smallest absolute Gasteiger partial charge is 0.260 e. The van der Waals surface area contributed by atoms with Crippen molar-refractivity contribution in [3.8, 4) is 0 Å². The van der Waals surface area contributed by atoms with Gasteiger partial charge in [0.05, 0.1) is 23.1 Å². The summed E-state index contributed by atoms with van der Waals surface area (Å²) in [7, 11) is 0. The van der Waals surface area contributed by atoms with Gasteiger partial charge in [0.2, 0.25) is 5.88 Å². The lowest BCUT2D eigenvalue weighted by Crippen LogP contribution is -2.14. The van der Waals surface area contributed by atoms with E-state index in [2.05, 4.69) is 15.5 Å². The van der Waals surface area contributed by atoms with Crippen LogP contribution in [-0.2, 0) is 0 Å². The molecule has 0 spiro atoms. The molecule has 88 valence electrons. The SMILES string of the molecule is Cc1noc(NC(=O)c2ccncc2N)c1C. The second-order valence-electron chi connectivity index (χ2n) is 3.64. The highest BCUT2D eigenvalue weighted by Crippen LogP contribution is 2.19. The lowest BCUT2D eigenvalue weighted by molar-refractivity contribution is 0.102. The van der Waals surface area contributed by atoms with Crippen molar-refractivity contribution in [2.24, 2.45) is 0 Å². The molecule has 0 aliphatic rings. The minimum absolute atomic E-state index is 0.318. The summed E-state index contributed by atoms with van der Waals surface area (Å²) in [6, 6.07) is 1.54. The Morgan fingerprint density at radius 2 is 2.24 bits per heavy atom. The molecule has 6 nitrogen and oxygen atoms in total. The first-order valence-corrected chi connectivity index (χ1v) is 5.03. The molecule has 0 saturated heterocycles. The molecule has 2 aromatic rings. The van der Waals surface area contributed by atoms with E-state index >= 15 is 0 Å². The number of pyridine rings is 1. The van der Waals surface area contributed by atoms with Crippen LogP contribution in [0.3, 0.4) is 0 Å².